The van der Waals surface area contributed by atoms with Crippen LogP contribution in [0.5, 0.6) is 0 Å². The van der Waals surface area contributed by atoms with E-state index in [0.29, 0.717) is 6.54 Å². The highest BCUT2D eigenvalue weighted by Crippen LogP contribution is 1.92. The first-order valence-electron chi connectivity index (χ1n) is 3.40. The molecule has 2 N–H and O–H groups in total. The molecule has 58 valence electrons. The van der Waals surface area contributed by atoms with Gasteiger partial charge in [0.25, 0.3) is 0 Å². The Kier molecular flexibility index (Phi) is 2.65. The number of aliphatic hydroxyl groups is 1. The summed E-state index contributed by atoms with van der Waals surface area (Å²) in [6.07, 6.45) is 1.36. The third kappa shape index (κ3) is 1.97. The van der Waals surface area contributed by atoms with Gasteiger partial charge >= 0.3 is 0 Å². The molecule has 0 radical (unpaired) electrons. The van der Waals surface area contributed by atoms with Gasteiger partial charge < -0.3 is 10.0 Å². The van der Waals surface area contributed by atoms with Crippen LogP contribution in [0.2, 0.25) is 0 Å². The number of hydrogen-bond acceptors (Lipinski definition) is 3. The Hall–Kier alpha value is -0.610. The molecule has 10 heavy (non-hydrogen) atoms. The van der Waals surface area contributed by atoms with Crippen LogP contribution in [0.4, 0.5) is 0 Å². The lowest BCUT2D eigenvalue weighted by molar-refractivity contribution is 0.0854. The Labute approximate surface area is 60.6 Å². The molecule has 1 atom stereocenters. The van der Waals surface area contributed by atoms with Crippen LogP contribution in [-0.4, -0.2) is 49.3 Å². The standard InChI is InChI=1S/C6H13N3O/c1-7-5-9-3-2-8-6(10)4-9/h5-6,8,10H,2-4H2,1H3/b7-5-/t6-/m0/s1. The fourth-order valence-corrected chi connectivity index (χ4v) is 1.02. The van der Waals surface area contributed by atoms with E-state index in [-0.39, 0.29) is 0 Å². The molecule has 1 fully saturated rings. The second-order valence-corrected chi connectivity index (χ2v) is 2.34. The predicted octanol–water partition coefficient (Wildman–Crippen LogP) is -1.13. The maximum absolute atomic E-state index is 9.09. The van der Waals surface area contributed by atoms with Crippen molar-refractivity contribution in [3.8, 4) is 0 Å². The normalized spacial score (nSPS) is 27.8. The van der Waals surface area contributed by atoms with Crippen molar-refractivity contribution in [3.63, 3.8) is 0 Å². The topological polar surface area (TPSA) is 47.9 Å². The van der Waals surface area contributed by atoms with Crippen molar-refractivity contribution in [3.05, 3.63) is 0 Å². The summed E-state index contributed by atoms with van der Waals surface area (Å²) < 4.78 is 0. The number of rotatable bonds is 1. The van der Waals surface area contributed by atoms with Crippen LogP contribution in [0, 0.1) is 0 Å². The van der Waals surface area contributed by atoms with Crippen LogP contribution < -0.4 is 5.32 Å². The molecule has 0 aromatic heterocycles. The van der Waals surface area contributed by atoms with Crippen LogP contribution in [0.25, 0.3) is 0 Å². The Morgan fingerprint density at radius 3 is 3.20 bits per heavy atom. The minimum atomic E-state index is -0.397. The van der Waals surface area contributed by atoms with Gasteiger partial charge in [0.2, 0.25) is 0 Å². The zero-order valence-corrected chi connectivity index (χ0v) is 6.12. The van der Waals surface area contributed by atoms with Crippen molar-refractivity contribution in [1.29, 1.82) is 0 Å². The van der Waals surface area contributed by atoms with Gasteiger partial charge in [0.1, 0.15) is 6.23 Å². The molecule has 4 heteroatoms. The number of hydrogen-bond donors (Lipinski definition) is 2. The molecule has 0 saturated carbocycles. The van der Waals surface area contributed by atoms with Crippen LogP contribution >= 0.6 is 0 Å². The van der Waals surface area contributed by atoms with E-state index < -0.39 is 6.23 Å². The van der Waals surface area contributed by atoms with Crippen molar-refractivity contribution in [1.82, 2.24) is 10.2 Å². The summed E-state index contributed by atoms with van der Waals surface area (Å²) in [6, 6.07) is 0. The first-order valence-corrected chi connectivity index (χ1v) is 3.40. The van der Waals surface area contributed by atoms with E-state index >= 15 is 0 Å². The highest BCUT2D eigenvalue weighted by Gasteiger charge is 2.12. The molecule has 1 aliphatic heterocycles. The average molecular weight is 143 g/mol. The Morgan fingerprint density at radius 1 is 1.80 bits per heavy atom. The minimum Gasteiger partial charge on any atom is -0.377 e. The highest BCUT2D eigenvalue weighted by atomic mass is 16.3. The van der Waals surface area contributed by atoms with Crippen molar-refractivity contribution in [2.75, 3.05) is 26.7 Å². The molecule has 0 bridgehead atoms. The van der Waals surface area contributed by atoms with Gasteiger partial charge in [-0.15, -0.1) is 0 Å². The Bertz CT molecular complexity index is 126. The van der Waals surface area contributed by atoms with Gasteiger partial charge in [-0.1, -0.05) is 0 Å². The monoisotopic (exact) mass is 143 g/mol. The largest absolute Gasteiger partial charge is 0.377 e. The first-order chi connectivity index (χ1) is 4.83. The summed E-state index contributed by atoms with van der Waals surface area (Å²) in [5.41, 5.74) is 0. The molecular formula is C6H13N3O. The number of piperazine rings is 1. The third-order valence-corrected chi connectivity index (χ3v) is 1.47. The molecule has 4 nitrogen and oxygen atoms in total. The molecule has 0 aliphatic carbocycles. The van der Waals surface area contributed by atoms with E-state index in [2.05, 4.69) is 10.3 Å². The second kappa shape index (κ2) is 3.53. The van der Waals surface area contributed by atoms with Gasteiger partial charge in [0.05, 0.1) is 12.9 Å². The van der Waals surface area contributed by atoms with E-state index in [4.69, 9.17) is 5.11 Å². The second-order valence-electron chi connectivity index (χ2n) is 2.34. The minimum absolute atomic E-state index is 0.397. The smallest absolute Gasteiger partial charge is 0.122 e. The van der Waals surface area contributed by atoms with Gasteiger partial charge in [-0.25, -0.2) is 0 Å². The fourth-order valence-electron chi connectivity index (χ4n) is 1.02. The van der Waals surface area contributed by atoms with Crippen molar-refractivity contribution >= 4 is 6.34 Å². The number of nitrogens with zero attached hydrogens (tertiary/aromatic N) is 2. The van der Waals surface area contributed by atoms with Gasteiger partial charge in [-0.2, -0.15) is 0 Å². The molecule has 1 saturated heterocycles. The number of β-amino-alcohol motifs (C(OH)–C–C–N with tert-alkyl or cyclic N) is 1. The summed E-state index contributed by atoms with van der Waals surface area (Å²) in [6.45, 7) is 2.39. The quantitative estimate of drug-likeness (QED) is 0.360. The molecule has 0 unspecified atom stereocenters. The fraction of sp³-hybridized carbons (Fsp3) is 0.833. The summed E-state index contributed by atoms with van der Waals surface area (Å²) in [5.74, 6) is 0. The zero-order chi connectivity index (χ0) is 7.40. The molecule has 0 aromatic carbocycles. The lowest BCUT2D eigenvalue weighted by atomic mass is 10.4. The lowest BCUT2D eigenvalue weighted by Gasteiger charge is -2.28. The molecule has 1 rings (SSSR count). The third-order valence-electron chi connectivity index (χ3n) is 1.47. The molecular weight excluding hydrogens is 130 g/mol. The van der Waals surface area contributed by atoms with Gasteiger partial charge in [-0.05, 0) is 0 Å². The average Bonchev–Trinajstić information content (AvgIpc) is 1.88. The molecule has 0 spiro atoms. The highest BCUT2D eigenvalue weighted by molar-refractivity contribution is 5.54. The number of nitrogens with one attached hydrogen (secondary N) is 1. The maximum atomic E-state index is 9.09. The lowest BCUT2D eigenvalue weighted by Crippen LogP contribution is -2.49. The van der Waals surface area contributed by atoms with Crippen LogP contribution in [-0.2, 0) is 0 Å². The van der Waals surface area contributed by atoms with E-state index in [1.165, 1.54) is 0 Å². The summed E-state index contributed by atoms with van der Waals surface area (Å²) in [4.78, 5) is 5.84. The van der Waals surface area contributed by atoms with E-state index in [1.54, 1.807) is 13.4 Å². The summed E-state index contributed by atoms with van der Waals surface area (Å²) >= 11 is 0. The first kappa shape index (κ1) is 7.50. The van der Waals surface area contributed by atoms with Gasteiger partial charge in [-0.3, -0.25) is 10.3 Å². The van der Waals surface area contributed by atoms with Crippen molar-refractivity contribution < 1.29 is 5.11 Å². The van der Waals surface area contributed by atoms with Crippen LogP contribution in [0.15, 0.2) is 4.99 Å². The maximum Gasteiger partial charge on any atom is 0.122 e. The van der Waals surface area contributed by atoms with E-state index in [9.17, 15) is 0 Å². The van der Waals surface area contributed by atoms with Gasteiger partial charge in [0, 0.05) is 20.1 Å². The number of aliphatic hydroxyl groups excluding tert-OH is 1. The van der Waals surface area contributed by atoms with Crippen molar-refractivity contribution in [2.24, 2.45) is 4.99 Å². The Balaban J connectivity index is 2.32. The predicted molar refractivity (Wildman–Crippen MR) is 40.0 cm³/mol. The van der Waals surface area contributed by atoms with Crippen LogP contribution in [0.1, 0.15) is 0 Å². The zero-order valence-electron chi connectivity index (χ0n) is 6.12. The van der Waals surface area contributed by atoms with E-state index in [1.807, 2.05) is 4.90 Å². The van der Waals surface area contributed by atoms with Crippen LogP contribution in [0.3, 0.4) is 0 Å². The molecule has 1 heterocycles. The van der Waals surface area contributed by atoms with Gasteiger partial charge in [0.15, 0.2) is 0 Å². The summed E-state index contributed by atoms with van der Waals surface area (Å²) in [7, 11) is 1.73. The SMILES string of the molecule is C/N=C\N1CCN[C@@H](O)C1. The summed E-state index contributed by atoms with van der Waals surface area (Å²) in [5, 5.41) is 12.0. The Morgan fingerprint density at radius 2 is 2.60 bits per heavy atom. The van der Waals surface area contributed by atoms with Crippen molar-refractivity contribution in [2.45, 2.75) is 6.23 Å². The van der Waals surface area contributed by atoms with E-state index in [0.717, 1.165) is 13.1 Å². The molecule has 1 aliphatic rings. The number of aliphatic imine (C=N–C) groups is 1. The molecule has 0 amide bonds. The molecule has 0 aromatic rings.